The molecule has 4 heteroatoms. The third-order valence-electron chi connectivity index (χ3n) is 7.59. The molecule has 0 heterocycles. The minimum Gasteiger partial charge on any atom is -0.489 e. The lowest BCUT2D eigenvalue weighted by atomic mass is 9.43. The van der Waals surface area contributed by atoms with Crippen LogP contribution in [0.25, 0.3) is 0 Å². The Kier molecular flexibility index (Phi) is 5.12. The lowest BCUT2D eigenvalue weighted by Crippen LogP contribution is -2.63. The Morgan fingerprint density at radius 2 is 1.67 bits per heavy atom. The average Bonchev–Trinajstić information content (AvgIpc) is 2.63. The fraction of sp³-hybridized carbons (Fsp3) is 0.538. The van der Waals surface area contributed by atoms with Crippen LogP contribution in [0.1, 0.15) is 63.5 Å². The lowest BCUT2D eigenvalue weighted by molar-refractivity contribution is -0.118. The van der Waals surface area contributed by atoms with Crippen LogP contribution in [0.3, 0.4) is 0 Å². The standard InChI is InChI=1S/C26H31Cl2NO/c1-24-10-19-11-25(2,15-24)17-26(12-19,16-24)29-13-20-9-22(28)6-7-23(20)30-14-18-4-3-5-21(27)8-18/h3-9,19,29H,10-17H2,1-2H3. The average molecular weight is 444 g/mol. The maximum absolute atomic E-state index is 6.35. The Hall–Kier alpha value is -1.22. The van der Waals surface area contributed by atoms with Crippen LogP contribution < -0.4 is 10.1 Å². The maximum atomic E-state index is 6.35. The third kappa shape index (κ3) is 4.11. The summed E-state index contributed by atoms with van der Waals surface area (Å²) in [4.78, 5) is 0. The van der Waals surface area contributed by atoms with E-state index in [1.165, 1.54) is 38.5 Å². The molecule has 2 aromatic rings. The van der Waals surface area contributed by atoms with E-state index in [1.54, 1.807) is 0 Å². The van der Waals surface area contributed by atoms with Crippen LogP contribution in [0.5, 0.6) is 5.75 Å². The van der Waals surface area contributed by atoms with Crippen LogP contribution in [0.4, 0.5) is 0 Å². The Morgan fingerprint density at radius 3 is 2.37 bits per heavy atom. The van der Waals surface area contributed by atoms with Gasteiger partial charge in [-0.25, -0.2) is 0 Å². The van der Waals surface area contributed by atoms with Gasteiger partial charge in [-0.3, -0.25) is 0 Å². The van der Waals surface area contributed by atoms with E-state index >= 15 is 0 Å². The van der Waals surface area contributed by atoms with E-state index in [0.29, 0.717) is 17.4 Å². The van der Waals surface area contributed by atoms with Crippen molar-refractivity contribution in [1.29, 1.82) is 0 Å². The van der Waals surface area contributed by atoms with Crippen molar-refractivity contribution in [3.8, 4) is 5.75 Å². The van der Waals surface area contributed by atoms with E-state index in [-0.39, 0.29) is 5.54 Å². The first-order valence-corrected chi connectivity index (χ1v) is 11.9. The topological polar surface area (TPSA) is 21.3 Å². The van der Waals surface area contributed by atoms with Crippen molar-refractivity contribution in [2.24, 2.45) is 16.7 Å². The summed E-state index contributed by atoms with van der Waals surface area (Å²) in [6, 6.07) is 13.8. The maximum Gasteiger partial charge on any atom is 0.124 e. The molecule has 4 bridgehead atoms. The summed E-state index contributed by atoms with van der Waals surface area (Å²) in [5.74, 6) is 1.77. The molecule has 4 aliphatic carbocycles. The van der Waals surface area contributed by atoms with Gasteiger partial charge in [-0.15, -0.1) is 0 Å². The van der Waals surface area contributed by atoms with Gasteiger partial charge in [0.2, 0.25) is 0 Å². The van der Waals surface area contributed by atoms with Gasteiger partial charge in [0.05, 0.1) is 0 Å². The molecule has 0 aromatic heterocycles. The first kappa shape index (κ1) is 20.7. The molecular weight excluding hydrogens is 413 g/mol. The van der Waals surface area contributed by atoms with Gasteiger partial charge in [0.1, 0.15) is 12.4 Å². The zero-order chi connectivity index (χ0) is 21.0. The quantitative estimate of drug-likeness (QED) is 0.501. The van der Waals surface area contributed by atoms with Gasteiger partial charge in [0.25, 0.3) is 0 Å². The molecule has 0 saturated heterocycles. The van der Waals surface area contributed by atoms with Crippen molar-refractivity contribution in [3.05, 3.63) is 63.6 Å². The van der Waals surface area contributed by atoms with Crippen LogP contribution in [-0.4, -0.2) is 5.54 Å². The van der Waals surface area contributed by atoms with Gasteiger partial charge in [-0.1, -0.05) is 49.2 Å². The predicted molar refractivity (Wildman–Crippen MR) is 124 cm³/mol. The number of benzene rings is 2. The highest BCUT2D eigenvalue weighted by Crippen LogP contribution is 2.66. The van der Waals surface area contributed by atoms with Crippen molar-refractivity contribution in [2.45, 2.75) is 71.1 Å². The molecule has 2 atom stereocenters. The van der Waals surface area contributed by atoms with Crippen LogP contribution >= 0.6 is 23.2 Å². The number of halogens is 2. The second-order valence-electron chi connectivity index (χ2n) is 10.9. The van der Waals surface area contributed by atoms with Crippen molar-refractivity contribution in [3.63, 3.8) is 0 Å². The summed E-state index contributed by atoms with van der Waals surface area (Å²) in [6.07, 6.45) is 8.13. The molecule has 1 N–H and O–H groups in total. The Labute approximate surface area is 190 Å². The van der Waals surface area contributed by atoms with Crippen molar-refractivity contribution >= 4 is 23.2 Å². The van der Waals surface area contributed by atoms with Crippen molar-refractivity contribution in [1.82, 2.24) is 5.32 Å². The fourth-order valence-electron chi connectivity index (χ4n) is 7.54. The van der Waals surface area contributed by atoms with Crippen molar-refractivity contribution in [2.75, 3.05) is 0 Å². The zero-order valence-corrected chi connectivity index (χ0v) is 19.5. The predicted octanol–water partition coefficient (Wildman–Crippen LogP) is 7.41. The molecule has 0 amide bonds. The third-order valence-corrected chi connectivity index (χ3v) is 8.06. The van der Waals surface area contributed by atoms with E-state index in [1.807, 2.05) is 42.5 Å². The molecule has 6 rings (SSSR count). The van der Waals surface area contributed by atoms with Gasteiger partial charge in [-0.05, 0) is 91.2 Å². The molecule has 4 saturated carbocycles. The second kappa shape index (κ2) is 7.43. The minimum atomic E-state index is 0.259. The monoisotopic (exact) mass is 443 g/mol. The SMILES string of the molecule is CC12CC3CC(C)(C1)CC(NCc1cc(Cl)ccc1OCc1cccc(Cl)c1)(C3)C2. The molecule has 0 radical (unpaired) electrons. The summed E-state index contributed by atoms with van der Waals surface area (Å²) in [7, 11) is 0. The fourth-order valence-corrected chi connectivity index (χ4v) is 7.95. The Morgan fingerprint density at radius 1 is 0.933 bits per heavy atom. The molecule has 160 valence electrons. The highest BCUT2D eigenvalue weighted by molar-refractivity contribution is 6.30. The van der Waals surface area contributed by atoms with E-state index < -0.39 is 0 Å². The number of hydrogen-bond acceptors (Lipinski definition) is 2. The summed E-state index contributed by atoms with van der Waals surface area (Å²) < 4.78 is 6.19. The summed E-state index contributed by atoms with van der Waals surface area (Å²) >= 11 is 12.5. The number of rotatable bonds is 6. The molecule has 4 fully saturated rings. The van der Waals surface area contributed by atoms with Crippen LogP contribution in [-0.2, 0) is 13.2 Å². The lowest BCUT2D eigenvalue weighted by Gasteiger charge is -2.65. The molecule has 2 nitrogen and oxygen atoms in total. The van der Waals surface area contributed by atoms with Gasteiger partial charge in [0, 0.05) is 27.7 Å². The molecule has 2 unspecified atom stereocenters. The molecule has 30 heavy (non-hydrogen) atoms. The molecule has 0 spiro atoms. The number of ether oxygens (including phenoxy) is 1. The van der Waals surface area contributed by atoms with E-state index in [2.05, 4.69) is 19.2 Å². The van der Waals surface area contributed by atoms with Crippen LogP contribution in [0.2, 0.25) is 10.0 Å². The van der Waals surface area contributed by atoms with E-state index in [0.717, 1.165) is 39.4 Å². The van der Waals surface area contributed by atoms with Crippen molar-refractivity contribution < 1.29 is 4.74 Å². The Bertz CT molecular complexity index is 940. The van der Waals surface area contributed by atoms with Gasteiger partial charge in [-0.2, -0.15) is 0 Å². The highest BCUT2D eigenvalue weighted by Gasteiger charge is 2.59. The number of hydrogen-bond donors (Lipinski definition) is 1. The van der Waals surface area contributed by atoms with Gasteiger partial charge >= 0.3 is 0 Å². The minimum absolute atomic E-state index is 0.259. The first-order chi connectivity index (χ1) is 14.2. The smallest absolute Gasteiger partial charge is 0.124 e. The molecule has 0 aliphatic heterocycles. The van der Waals surface area contributed by atoms with Crippen LogP contribution in [0, 0.1) is 16.7 Å². The first-order valence-electron chi connectivity index (χ1n) is 11.1. The summed E-state index contributed by atoms with van der Waals surface area (Å²) in [5, 5.41) is 5.50. The number of nitrogens with one attached hydrogen (secondary N) is 1. The summed E-state index contributed by atoms with van der Waals surface area (Å²) in [6.45, 7) is 6.33. The largest absolute Gasteiger partial charge is 0.489 e. The van der Waals surface area contributed by atoms with E-state index in [9.17, 15) is 0 Å². The van der Waals surface area contributed by atoms with Crippen LogP contribution in [0.15, 0.2) is 42.5 Å². The molecule has 4 aliphatic rings. The Balaban J connectivity index is 1.32. The highest BCUT2D eigenvalue weighted by atomic mass is 35.5. The molecule has 2 aromatic carbocycles. The normalized spacial score (nSPS) is 34.3. The van der Waals surface area contributed by atoms with E-state index in [4.69, 9.17) is 27.9 Å². The zero-order valence-electron chi connectivity index (χ0n) is 17.9. The van der Waals surface area contributed by atoms with Gasteiger partial charge in [0.15, 0.2) is 0 Å². The molecular formula is C26H31Cl2NO. The summed E-state index contributed by atoms with van der Waals surface area (Å²) in [5.41, 5.74) is 3.46. The van der Waals surface area contributed by atoms with Gasteiger partial charge < -0.3 is 10.1 Å². The second-order valence-corrected chi connectivity index (χ2v) is 11.8.